The van der Waals surface area contributed by atoms with E-state index in [0.717, 1.165) is 45.2 Å². The number of ether oxygens (including phenoxy) is 2. The van der Waals surface area contributed by atoms with Gasteiger partial charge in [0.15, 0.2) is 0 Å². The van der Waals surface area contributed by atoms with Crippen LogP contribution in [0.1, 0.15) is 18.4 Å². The molecule has 1 aromatic heterocycles. The van der Waals surface area contributed by atoms with E-state index in [9.17, 15) is 0 Å². The normalized spacial score (nSPS) is 19.0. The molecule has 2 heterocycles. The number of rotatable bonds is 8. The van der Waals surface area contributed by atoms with E-state index in [1.165, 1.54) is 18.4 Å². The van der Waals surface area contributed by atoms with E-state index in [2.05, 4.69) is 27.3 Å². The van der Waals surface area contributed by atoms with Crippen LogP contribution in [0.25, 0.3) is 0 Å². The average Bonchev–Trinajstić information content (AvgIpc) is 2.53. The number of pyridine rings is 1. The van der Waals surface area contributed by atoms with Crippen LogP contribution in [0, 0.1) is 5.92 Å². The fourth-order valence-corrected chi connectivity index (χ4v) is 2.76. The zero-order valence-electron chi connectivity index (χ0n) is 13.2. The lowest BCUT2D eigenvalue weighted by molar-refractivity contribution is 0.143. The monoisotopic (exact) mass is 293 g/mol. The molecule has 0 aliphatic carbocycles. The summed E-state index contributed by atoms with van der Waals surface area (Å²) in [5.41, 5.74) is 1.21. The van der Waals surface area contributed by atoms with Crippen LogP contribution < -0.4 is 10.2 Å². The number of hydrogen-bond donors (Lipinski definition) is 1. The van der Waals surface area contributed by atoms with Gasteiger partial charge in [-0.05, 0) is 30.4 Å². The highest BCUT2D eigenvalue weighted by Gasteiger charge is 2.20. The lowest BCUT2D eigenvalue weighted by atomic mass is 9.99. The molecule has 1 aliphatic rings. The van der Waals surface area contributed by atoms with E-state index < -0.39 is 0 Å². The summed E-state index contributed by atoms with van der Waals surface area (Å²) in [6.45, 7) is 5.43. The van der Waals surface area contributed by atoms with Gasteiger partial charge in [-0.2, -0.15) is 0 Å². The molecular formula is C16H27N3O2. The number of methoxy groups -OCH3 is 2. The molecule has 0 saturated carbocycles. The molecule has 118 valence electrons. The molecule has 0 amide bonds. The Morgan fingerprint density at radius 1 is 1.33 bits per heavy atom. The SMILES string of the molecule is COCCNCc1ccc(N2CCCC(COC)C2)nc1. The highest BCUT2D eigenvalue weighted by Crippen LogP contribution is 2.21. The van der Waals surface area contributed by atoms with Gasteiger partial charge in [0, 0.05) is 46.6 Å². The molecule has 0 bridgehead atoms. The summed E-state index contributed by atoms with van der Waals surface area (Å²) in [6.07, 6.45) is 4.44. The van der Waals surface area contributed by atoms with Gasteiger partial charge in [0.05, 0.1) is 13.2 Å². The Balaban J connectivity index is 1.83. The van der Waals surface area contributed by atoms with Crippen molar-refractivity contribution < 1.29 is 9.47 Å². The second kappa shape index (κ2) is 8.97. The van der Waals surface area contributed by atoms with Crippen LogP contribution in [0.3, 0.4) is 0 Å². The molecule has 1 fully saturated rings. The third-order valence-electron chi connectivity index (χ3n) is 3.87. The maximum atomic E-state index is 5.28. The van der Waals surface area contributed by atoms with Crippen molar-refractivity contribution in [3.05, 3.63) is 23.9 Å². The topological polar surface area (TPSA) is 46.6 Å². The zero-order valence-corrected chi connectivity index (χ0v) is 13.2. The minimum atomic E-state index is 0.626. The van der Waals surface area contributed by atoms with Crippen molar-refractivity contribution in [2.75, 3.05) is 52.0 Å². The second-order valence-electron chi connectivity index (χ2n) is 5.60. The molecule has 1 aliphatic heterocycles. The Morgan fingerprint density at radius 3 is 2.95 bits per heavy atom. The van der Waals surface area contributed by atoms with Crippen LogP contribution >= 0.6 is 0 Å². The standard InChI is InChI=1S/C16H27N3O2/c1-20-9-7-17-10-14-5-6-16(18-11-14)19-8-3-4-15(12-19)13-21-2/h5-6,11,15,17H,3-4,7-10,12-13H2,1-2H3. The number of aromatic nitrogens is 1. The van der Waals surface area contributed by atoms with E-state index in [1.54, 1.807) is 14.2 Å². The molecule has 1 aromatic rings. The summed E-state index contributed by atoms with van der Waals surface area (Å²) in [6, 6.07) is 4.28. The molecule has 1 saturated heterocycles. The van der Waals surface area contributed by atoms with Crippen LogP contribution in [-0.2, 0) is 16.0 Å². The number of hydrogen-bond acceptors (Lipinski definition) is 5. The first-order valence-corrected chi connectivity index (χ1v) is 7.72. The Kier molecular flexibility index (Phi) is 6.92. The van der Waals surface area contributed by atoms with E-state index in [1.807, 2.05) is 6.20 Å². The van der Waals surface area contributed by atoms with Crippen molar-refractivity contribution in [2.45, 2.75) is 19.4 Å². The molecule has 1 atom stereocenters. The fourth-order valence-electron chi connectivity index (χ4n) is 2.76. The van der Waals surface area contributed by atoms with Gasteiger partial charge in [-0.3, -0.25) is 0 Å². The summed E-state index contributed by atoms with van der Waals surface area (Å²) in [4.78, 5) is 6.98. The summed E-state index contributed by atoms with van der Waals surface area (Å²) in [5, 5.41) is 3.33. The van der Waals surface area contributed by atoms with Crippen molar-refractivity contribution in [1.29, 1.82) is 0 Å². The van der Waals surface area contributed by atoms with E-state index in [-0.39, 0.29) is 0 Å². The Hall–Kier alpha value is -1.17. The molecule has 1 N–H and O–H groups in total. The Labute approximate surface area is 127 Å². The van der Waals surface area contributed by atoms with Crippen LogP contribution in [0.15, 0.2) is 18.3 Å². The van der Waals surface area contributed by atoms with Gasteiger partial charge in [0.1, 0.15) is 5.82 Å². The zero-order chi connectivity index (χ0) is 14.9. The molecule has 0 radical (unpaired) electrons. The first kappa shape index (κ1) is 16.2. The minimum absolute atomic E-state index is 0.626. The first-order chi connectivity index (χ1) is 10.3. The largest absolute Gasteiger partial charge is 0.384 e. The number of nitrogens with zero attached hydrogens (tertiary/aromatic N) is 2. The van der Waals surface area contributed by atoms with Crippen molar-refractivity contribution in [2.24, 2.45) is 5.92 Å². The van der Waals surface area contributed by atoms with Gasteiger partial charge >= 0.3 is 0 Å². The van der Waals surface area contributed by atoms with Crippen molar-refractivity contribution in [1.82, 2.24) is 10.3 Å². The lowest BCUT2D eigenvalue weighted by Crippen LogP contribution is -2.37. The van der Waals surface area contributed by atoms with Gasteiger partial charge in [-0.25, -0.2) is 4.98 Å². The molecule has 21 heavy (non-hydrogen) atoms. The molecular weight excluding hydrogens is 266 g/mol. The summed E-state index contributed by atoms with van der Waals surface area (Å²) in [7, 11) is 3.50. The molecule has 0 spiro atoms. The molecule has 5 nitrogen and oxygen atoms in total. The predicted molar refractivity (Wildman–Crippen MR) is 84.6 cm³/mol. The Bertz CT molecular complexity index is 395. The predicted octanol–water partition coefficient (Wildman–Crippen LogP) is 1.68. The summed E-state index contributed by atoms with van der Waals surface area (Å²) in [5.74, 6) is 1.71. The van der Waals surface area contributed by atoms with E-state index in [4.69, 9.17) is 9.47 Å². The number of piperidine rings is 1. The van der Waals surface area contributed by atoms with Gasteiger partial charge in [-0.1, -0.05) is 6.07 Å². The quantitative estimate of drug-likeness (QED) is 0.739. The number of anilines is 1. The third kappa shape index (κ3) is 5.26. The van der Waals surface area contributed by atoms with Crippen LogP contribution in [0.5, 0.6) is 0 Å². The second-order valence-corrected chi connectivity index (χ2v) is 5.60. The average molecular weight is 293 g/mol. The van der Waals surface area contributed by atoms with Crippen molar-refractivity contribution in [3.63, 3.8) is 0 Å². The maximum absolute atomic E-state index is 5.28. The van der Waals surface area contributed by atoms with Crippen LogP contribution in [0.4, 0.5) is 5.82 Å². The highest BCUT2D eigenvalue weighted by atomic mass is 16.5. The van der Waals surface area contributed by atoms with Gasteiger partial charge < -0.3 is 19.7 Å². The molecule has 0 aromatic carbocycles. The smallest absolute Gasteiger partial charge is 0.128 e. The van der Waals surface area contributed by atoms with Crippen molar-refractivity contribution in [3.8, 4) is 0 Å². The van der Waals surface area contributed by atoms with Crippen molar-refractivity contribution >= 4 is 5.82 Å². The number of nitrogens with one attached hydrogen (secondary N) is 1. The summed E-state index contributed by atoms with van der Waals surface area (Å²) < 4.78 is 10.3. The molecule has 1 unspecified atom stereocenters. The molecule has 2 rings (SSSR count). The fraction of sp³-hybridized carbons (Fsp3) is 0.688. The van der Waals surface area contributed by atoms with Gasteiger partial charge in [-0.15, -0.1) is 0 Å². The maximum Gasteiger partial charge on any atom is 0.128 e. The molecule has 5 heteroatoms. The lowest BCUT2D eigenvalue weighted by Gasteiger charge is -2.33. The summed E-state index contributed by atoms with van der Waals surface area (Å²) >= 11 is 0. The van der Waals surface area contributed by atoms with Gasteiger partial charge in [0.2, 0.25) is 0 Å². The van der Waals surface area contributed by atoms with E-state index in [0.29, 0.717) is 5.92 Å². The van der Waals surface area contributed by atoms with E-state index >= 15 is 0 Å². The van der Waals surface area contributed by atoms with Gasteiger partial charge in [0.25, 0.3) is 0 Å². The first-order valence-electron chi connectivity index (χ1n) is 7.72. The third-order valence-corrected chi connectivity index (χ3v) is 3.87. The highest BCUT2D eigenvalue weighted by molar-refractivity contribution is 5.39. The van der Waals surface area contributed by atoms with Crippen LogP contribution in [-0.4, -0.2) is 52.1 Å². The minimum Gasteiger partial charge on any atom is -0.384 e. The Morgan fingerprint density at radius 2 is 2.24 bits per heavy atom. The van der Waals surface area contributed by atoms with Crippen LogP contribution in [0.2, 0.25) is 0 Å².